The van der Waals surface area contributed by atoms with Crippen LogP contribution in [-0.4, -0.2) is 35.7 Å². The number of aliphatic hydroxyl groups is 1. The van der Waals surface area contributed by atoms with E-state index in [1.165, 1.54) is 31.4 Å². The van der Waals surface area contributed by atoms with E-state index >= 15 is 0 Å². The Hall–Kier alpha value is -1.42. The molecule has 1 fully saturated rings. The van der Waals surface area contributed by atoms with Crippen LogP contribution >= 0.6 is 24.0 Å². The van der Waals surface area contributed by atoms with E-state index in [9.17, 15) is 15.2 Å². The number of guanidine groups is 1. The summed E-state index contributed by atoms with van der Waals surface area (Å²) in [6.45, 7) is 4.27. The topological polar surface area (TPSA) is 99.8 Å². The van der Waals surface area contributed by atoms with Crippen LogP contribution in [0.3, 0.4) is 0 Å². The van der Waals surface area contributed by atoms with Gasteiger partial charge in [-0.25, -0.2) is 4.99 Å². The smallest absolute Gasteiger partial charge is 0.269 e. The molecule has 152 valence electrons. The fourth-order valence-electron chi connectivity index (χ4n) is 3.56. The number of halogens is 1. The van der Waals surface area contributed by atoms with Gasteiger partial charge in [-0.2, -0.15) is 0 Å². The fourth-order valence-corrected chi connectivity index (χ4v) is 3.56. The molecule has 2 rings (SSSR count). The number of nitrogens with zero attached hydrogens (tertiary/aromatic N) is 2. The number of hydrogen-bond donors (Lipinski definition) is 3. The fraction of sp³-hybridized carbons (Fsp3) is 0.632. The molecule has 1 aliphatic carbocycles. The van der Waals surface area contributed by atoms with Crippen LogP contribution < -0.4 is 10.6 Å². The number of aliphatic imine (C=N–C) groups is 1. The third kappa shape index (κ3) is 7.61. The number of benzene rings is 1. The summed E-state index contributed by atoms with van der Waals surface area (Å²) in [6.07, 6.45) is 6.82. The molecule has 0 radical (unpaired) electrons. The summed E-state index contributed by atoms with van der Waals surface area (Å²) in [6, 6.07) is 6.48. The molecular formula is C19H31IN4O3. The minimum Gasteiger partial charge on any atom is -0.396 e. The summed E-state index contributed by atoms with van der Waals surface area (Å²) in [7, 11) is 0. The maximum absolute atomic E-state index is 10.7. The van der Waals surface area contributed by atoms with Gasteiger partial charge in [-0.15, -0.1) is 24.0 Å². The number of aliphatic hydroxyl groups excluding tert-OH is 1. The van der Waals surface area contributed by atoms with Gasteiger partial charge in [0.05, 0.1) is 11.5 Å². The van der Waals surface area contributed by atoms with Gasteiger partial charge >= 0.3 is 0 Å². The lowest BCUT2D eigenvalue weighted by molar-refractivity contribution is -0.384. The van der Waals surface area contributed by atoms with E-state index < -0.39 is 4.92 Å². The number of non-ortho nitro benzene ring substituents is 1. The molecule has 0 heterocycles. The van der Waals surface area contributed by atoms with Crippen molar-refractivity contribution in [3.63, 3.8) is 0 Å². The Morgan fingerprint density at radius 2 is 1.89 bits per heavy atom. The first-order valence-electron chi connectivity index (χ1n) is 9.45. The van der Waals surface area contributed by atoms with E-state index in [-0.39, 0.29) is 41.7 Å². The predicted octanol–water partition coefficient (Wildman–Crippen LogP) is 3.60. The van der Waals surface area contributed by atoms with Crippen molar-refractivity contribution in [2.75, 3.05) is 19.7 Å². The zero-order valence-corrected chi connectivity index (χ0v) is 18.3. The minimum atomic E-state index is -0.399. The average molecular weight is 490 g/mol. The number of nitro groups is 1. The summed E-state index contributed by atoms with van der Waals surface area (Å²) in [4.78, 5) is 14.9. The van der Waals surface area contributed by atoms with Gasteiger partial charge in [-0.1, -0.05) is 31.4 Å². The lowest BCUT2D eigenvalue weighted by Gasteiger charge is -2.37. The molecule has 0 aliphatic heterocycles. The molecule has 0 saturated heterocycles. The van der Waals surface area contributed by atoms with Crippen molar-refractivity contribution in [2.45, 2.75) is 52.0 Å². The quantitative estimate of drug-likeness (QED) is 0.170. The van der Waals surface area contributed by atoms with Gasteiger partial charge in [0.25, 0.3) is 5.69 Å². The van der Waals surface area contributed by atoms with Gasteiger partial charge < -0.3 is 15.7 Å². The van der Waals surface area contributed by atoms with Crippen molar-refractivity contribution in [3.8, 4) is 0 Å². The first kappa shape index (κ1) is 23.6. The molecule has 0 unspecified atom stereocenters. The van der Waals surface area contributed by atoms with E-state index in [2.05, 4.69) is 15.6 Å². The Morgan fingerprint density at radius 3 is 2.44 bits per heavy atom. The molecule has 0 bridgehead atoms. The number of hydrogen-bond acceptors (Lipinski definition) is 4. The molecule has 1 saturated carbocycles. The van der Waals surface area contributed by atoms with Gasteiger partial charge in [0.2, 0.25) is 0 Å². The molecule has 1 aromatic rings. The van der Waals surface area contributed by atoms with Crippen molar-refractivity contribution in [2.24, 2.45) is 10.4 Å². The number of nitrogens with one attached hydrogen (secondary N) is 2. The SMILES string of the molecule is CCNC(=NCc1ccc([N+](=O)[O-])cc1)NCC1(CCO)CCCCC1.I. The lowest BCUT2D eigenvalue weighted by Crippen LogP contribution is -2.44. The summed E-state index contributed by atoms with van der Waals surface area (Å²) in [5.41, 5.74) is 1.16. The molecule has 0 atom stereocenters. The molecule has 0 aromatic heterocycles. The minimum absolute atomic E-state index is 0. The molecule has 8 heteroatoms. The average Bonchev–Trinajstić information content (AvgIpc) is 2.65. The van der Waals surface area contributed by atoms with Gasteiger partial charge in [0.1, 0.15) is 0 Å². The van der Waals surface area contributed by atoms with Crippen molar-refractivity contribution in [1.82, 2.24) is 10.6 Å². The predicted molar refractivity (Wildman–Crippen MR) is 119 cm³/mol. The highest BCUT2D eigenvalue weighted by atomic mass is 127. The normalized spacial score (nSPS) is 16.3. The van der Waals surface area contributed by atoms with E-state index in [1.807, 2.05) is 6.92 Å². The third-order valence-corrected chi connectivity index (χ3v) is 5.10. The first-order valence-corrected chi connectivity index (χ1v) is 9.45. The van der Waals surface area contributed by atoms with E-state index in [4.69, 9.17) is 0 Å². The third-order valence-electron chi connectivity index (χ3n) is 5.10. The number of rotatable bonds is 8. The zero-order chi connectivity index (χ0) is 18.8. The highest BCUT2D eigenvalue weighted by Crippen LogP contribution is 2.38. The maximum atomic E-state index is 10.7. The molecule has 27 heavy (non-hydrogen) atoms. The Balaban J connectivity index is 0.00000364. The molecular weight excluding hydrogens is 459 g/mol. The molecule has 3 N–H and O–H groups in total. The molecule has 0 spiro atoms. The van der Waals surface area contributed by atoms with Crippen molar-refractivity contribution >= 4 is 35.6 Å². The van der Waals surface area contributed by atoms with Gasteiger partial charge in [-0.3, -0.25) is 10.1 Å². The van der Waals surface area contributed by atoms with Crippen LogP contribution in [0.4, 0.5) is 5.69 Å². The molecule has 1 aromatic carbocycles. The van der Waals surface area contributed by atoms with Crippen molar-refractivity contribution in [3.05, 3.63) is 39.9 Å². The largest absolute Gasteiger partial charge is 0.396 e. The Morgan fingerprint density at radius 1 is 1.22 bits per heavy atom. The highest BCUT2D eigenvalue weighted by molar-refractivity contribution is 14.0. The highest BCUT2D eigenvalue weighted by Gasteiger charge is 2.31. The molecule has 7 nitrogen and oxygen atoms in total. The second-order valence-corrected chi connectivity index (χ2v) is 7.01. The summed E-state index contributed by atoms with van der Waals surface area (Å²) in [5, 5.41) is 26.9. The number of nitro benzene ring substituents is 1. The summed E-state index contributed by atoms with van der Waals surface area (Å²) in [5.74, 6) is 0.744. The standard InChI is InChI=1S/C19H30N4O3.HI/c1-2-20-18(21-14-16-6-8-17(9-7-16)23(25)26)22-15-19(12-13-24)10-4-3-5-11-19;/h6-9,24H,2-5,10-15H2,1H3,(H2,20,21,22);1H. The van der Waals surface area contributed by atoms with Crippen LogP contribution in [-0.2, 0) is 6.54 Å². The van der Waals surface area contributed by atoms with Crippen LogP contribution in [0.1, 0.15) is 51.0 Å². The lowest BCUT2D eigenvalue weighted by atomic mass is 9.72. The second-order valence-electron chi connectivity index (χ2n) is 7.01. The Bertz CT molecular complexity index is 596. The van der Waals surface area contributed by atoms with Crippen molar-refractivity contribution < 1.29 is 10.0 Å². The van der Waals surface area contributed by atoms with Crippen molar-refractivity contribution in [1.29, 1.82) is 0 Å². The van der Waals surface area contributed by atoms with Crippen LogP contribution in [0.15, 0.2) is 29.3 Å². The molecule has 1 aliphatic rings. The van der Waals surface area contributed by atoms with Gasteiger partial charge in [-0.05, 0) is 37.2 Å². The summed E-state index contributed by atoms with van der Waals surface area (Å²) >= 11 is 0. The monoisotopic (exact) mass is 490 g/mol. The van der Waals surface area contributed by atoms with Gasteiger partial charge in [0, 0.05) is 31.8 Å². The van der Waals surface area contributed by atoms with Crippen LogP contribution in [0.2, 0.25) is 0 Å². The van der Waals surface area contributed by atoms with Crippen LogP contribution in [0, 0.1) is 15.5 Å². The maximum Gasteiger partial charge on any atom is 0.269 e. The second kappa shape index (κ2) is 12.1. The van der Waals surface area contributed by atoms with E-state index in [0.29, 0.717) is 6.54 Å². The van der Waals surface area contributed by atoms with E-state index in [0.717, 1.165) is 43.9 Å². The first-order chi connectivity index (χ1) is 12.6. The Kier molecular flexibility index (Phi) is 10.6. The van der Waals surface area contributed by atoms with E-state index in [1.54, 1.807) is 12.1 Å². The Labute approximate surface area is 178 Å². The van der Waals surface area contributed by atoms with Crippen LogP contribution in [0.25, 0.3) is 0 Å². The van der Waals surface area contributed by atoms with Crippen LogP contribution in [0.5, 0.6) is 0 Å². The molecule has 0 amide bonds. The summed E-state index contributed by atoms with van der Waals surface area (Å²) < 4.78 is 0. The zero-order valence-electron chi connectivity index (χ0n) is 15.9. The van der Waals surface area contributed by atoms with Gasteiger partial charge in [0.15, 0.2) is 5.96 Å².